The lowest BCUT2D eigenvalue weighted by atomic mass is 10.5. The molecule has 0 fully saturated rings. The smallest absolute Gasteiger partial charge is 0.146 e. The monoisotopic (exact) mass is 209 g/mol. The largest absolute Gasteiger partial charge is 0.361 e. The summed E-state index contributed by atoms with van der Waals surface area (Å²) in [5, 5.41) is 3.54. The summed E-state index contributed by atoms with van der Waals surface area (Å²) >= 11 is 2.16. The van der Waals surface area contributed by atoms with Crippen LogP contribution in [0.4, 0.5) is 0 Å². The average molecular weight is 209 g/mol. The number of aromatic nitrogens is 1. The zero-order valence-corrected chi connectivity index (χ0v) is 5.97. The van der Waals surface area contributed by atoms with Gasteiger partial charge in [-0.3, -0.25) is 0 Å². The van der Waals surface area contributed by atoms with Crippen LogP contribution in [0.15, 0.2) is 10.7 Å². The Morgan fingerprint density at radius 1 is 1.86 bits per heavy atom. The minimum atomic E-state index is 0.889. The summed E-state index contributed by atoms with van der Waals surface area (Å²) in [6.45, 7) is 1.88. The van der Waals surface area contributed by atoms with Gasteiger partial charge in [0.25, 0.3) is 0 Å². The van der Waals surface area contributed by atoms with Gasteiger partial charge in [0.1, 0.15) is 5.76 Å². The van der Waals surface area contributed by atoms with Crippen LogP contribution < -0.4 is 0 Å². The van der Waals surface area contributed by atoms with Crippen LogP contribution in [-0.2, 0) is 0 Å². The first-order valence-electron chi connectivity index (χ1n) is 1.87. The van der Waals surface area contributed by atoms with Gasteiger partial charge in [0.2, 0.25) is 0 Å². The lowest BCUT2D eigenvalue weighted by molar-refractivity contribution is 0.396. The fourth-order valence-corrected chi connectivity index (χ4v) is 0.498. The van der Waals surface area contributed by atoms with E-state index in [0.717, 1.165) is 9.33 Å². The van der Waals surface area contributed by atoms with Crippen molar-refractivity contribution in [2.24, 2.45) is 0 Å². The summed E-state index contributed by atoms with van der Waals surface area (Å²) in [6, 6.07) is 0. The fraction of sp³-hybridized carbons (Fsp3) is 0.250. The number of nitrogens with zero attached hydrogens (tertiary/aromatic N) is 1. The van der Waals surface area contributed by atoms with E-state index in [2.05, 4.69) is 27.7 Å². The van der Waals surface area contributed by atoms with Crippen molar-refractivity contribution in [3.63, 3.8) is 0 Å². The highest BCUT2D eigenvalue weighted by Gasteiger charge is 1.93. The third-order valence-electron chi connectivity index (χ3n) is 0.692. The van der Waals surface area contributed by atoms with E-state index in [1.807, 2.05) is 6.92 Å². The van der Waals surface area contributed by atoms with E-state index in [-0.39, 0.29) is 0 Å². The van der Waals surface area contributed by atoms with Gasteiger partial charge in [0.05, 0.1) is 9.77 Å². The van der Waals surface area contributed by atoms with Crippen LogP contribution in [0.25, 0.3) is 0 Å². The van der Waals surface area contributed by atoms with Crippen molar-refractivity contribution < 1.29 is 4.52 Å². The minimum absolute atomic E-state index is 0.889. The van der Waals surface area contributed by atoms with Gasteiger partial charge in [-0.05, 0) is 29.5 Å². The SMILES string of the molecule is Cc1oncc1I. The molecule has 0 unspecified atom stereocenters. The molecule has 0 spiro atoms. The number of hydrogen-bond acceptors (Lipinski definition) is 2. The number of halogens is 1. The van der Waals surface area contributed by atoms with Crippen molar-refractivity contribution in [2.75, 3.05) is 0 Å². The van der Waals surface area contributed by atoms with E-state index in [0.29, 0.717) is 0 Å². The average Bonchev–Trinajstić information content (AvgIpc) is 1.91. The zero-order chi connectivity index (χ0) is 5.28. The molecule has 7 heavy (non-hydrogen) atoms. The van der Waals surface area contributed by atoms with Crippen LogP contribution in [0.5, 0.6) is 0 Å². The molecule has 0 saturated heterocycles. The molecule has 2 nitrogen and oxygen atoms in total. The summed E-state index contributed by atoms with van der Waals surface area (Å²) in [5.41, 5.74) is 0. The van der Waals surface area contributed by atoms with Gasteiger partial charge < -0.3 is 4.52 Å². The van der Waals surface area contributed by atoms with Crippen molar-refractivity contribution in [3.8, 4) is 0 Å². The van der Waals surface area contributed by atoms with Crippen molar-refractivity contribution in [3.05, 3.63) is 15.5 Å². The topological polar surface area (TPSA) is 26.0 Å². The normalized spacial score (nSPS) is 9.43. The predicted octanol–water partition coefficient (Wildman–Crippen LogP) is 1.59. The number of aryl methyl sites for hydroxylation is 1. The van der Waals surface area contributed by atoms with Gasteiger partial charge >= 0.3 is 0 Å². The maximum atomic E-state index is 4.71. The molecule has 0 aliphatic carbocycles. The second-order valence-electron chi connectivity index (χ2n) is 1.23. The number of hydrogen-bond donors (Lipinski definition) is 0. The lowest BCUT2D eigenvalue weighted by Crippen LogP contribution is -1.62. The third kappa shape index (κ3) is 0.933. The Balaban J connectivity index is 3.12. The Morgan fingerprint density at radius 3 is 2.71 bits per heavy atom. The molecule has 1 aromatic heterocycles. The molecular formula is C4H4INO. The molecule has 0 aliphatic heterocycles. The highest BCUT2D eigenvalue weighted by Crippen LogP contribution is 2.07. The zero-order valence-electron chi connectivity index (χ0n) is 3.81. The first kappa shape index (κ1) is 5.08. The Hall–Kier alpha value is -0.0600. The van der Waals surface area contributed by atoms with Crippen LogP contribution in [-0.4, -0.2) is 5.16 Å². The second-order valence-corrected chi connectivity index (χ2v) is 2.39. The van der Waals surface area contributed by atoms with Gasteiger partial charge in [-0.1, -0.05) is 5.16 Å². The van der Waals surface area contributed by atoms with Crippen LogP contribution in [0.3, 0.4) is 0 Å². The second kappa shape index (κ2) is 1.81. The Kier molecular flexibility index (Phi) is 1.32. The Bertz CT molecular complexity index is 144. The van der Waals surface area contributed by atoms with Gasteiger partial charge in [-0.2, -0.15) is 0 Å². The lowest BCUT2D eigenvalue weighted by Gasteiger charge is -1.73. The van der Waals surface area contributed by atoms with Crippen LogP contribution in [0.2, 0.25) is 0 Å². The van der Waals surface area contributed by atoms with Crippen LogP contribution in [0, 0.1) is 10.5 Å². The first-order chi connectivity index (χ1) is 3.30. The molecule has 0 saturated carbocycles. The quantitative estimate of drug-likeness (QED) is 0.606. The summed E-state index contributed by atoms with van der Waals surface area (Å²) in [4.78, 5) is 0. The molecule has 0 atom stereocenters. The molecule has 38 valence electrons. The number of rotatable bonds is 0. The fourth-order valence-electron chi connectivity index (χ4n) is 0.286. The highest BCUT2D eigenvalue weighted by atomic mass is 127. The highest BCUT2D eigenvalue weighted by molar-refractivity contribution is 14.1. The first-order valence-corrected chi connectivity index (χ1v) is 2.95. The van der Waals surface area contributed by atoms with Crippen LogP contribution in [0.1, 0.15) is 5.76 Å². The summed E-state index contributed by atoms with van der Waals surface area (Å²) < 4.78 is 5.79. The van der Waals surface area contributed by atoms with E-state index in [4.69, 9.17) is 4.52 Å². The van der Waals surface area contributed by atoms with E-state index < -0.39 is 0 Å². The molecule has 1 aromatic rings. The van der Waals surface area contributed by atoms with Crippen LogP contribution >= 0.6 is 22.6 Å². The maximum Gasteiger partial charge on any atom is 0.146 e. The van der Waals surface area contributed by atoms with Crippen molar-refractivity contribution in [1.82, 2.24) is 5.16 Å². The molecule has 0 N–H and O–H groups in total. The van der Waals surface area contributed by atoms with Crippen molar-refractivity contribution in [2.45, 2.75) is 6.92 Å². The summed E-state index contributed by atoms with van der Waals surface area (Å²) in [6.07, 6.45) is 1.69. The van der Waals surface area contributed by atoms with Gasteiger partial charge in [0, 0.05) is 0 Å². The molecule has 0 bridgehead atoms. The molecule has 1 rings (SSSR count). The van der Waals surface area contributed by atoms with Gasteiger partial charge in [0.15, 0.2) is 0 Å². The maximum absolute atomic E-state index is 4.71. The van der Waals surface area contributed by atoms with E-state index in [1.165, 1.54) is 0 Å². The van der Waals surface area contributed by atoms with E-state index in [1.54, 1.807) is 6.20 Å². The minimum Gasteiger partial charge on any atom is -0.361 e. The predicted molar refractivity (Wildman–Crippen MR) is 34.0 cm³/mol. The Labute approximate surface area is 55.0 Å². The third-order valence-corrected chi connectivity index (χ3v) is 1.73. The molecule has 1 heterocycles. The molecule has 0 aliphatic rings. The van der Waals surface area contributed by atoms with E-state index in [9.17, 15) is 0 Å². The van der Waals surface area contributed by atoms with Crippen molar-refractivity contribution >= 4 is 22.6 Å². The molecule has 0 radical (unpaired) electrons. The molecule has 3 heteroatoms. The molecule has 0 aromatic carbocycles. The summed E-state index contributed by atoms with van der Waals surface area (Å²) in [5.74, 6) is 0.889. The van der Waals surface area contributed by atoms with Gasteiger partial charge in [-0.15, -0.1) is 0 Å². The van der Waals surface area contributed by atoms with Gasteiger partial charge in [-0.25, -0.2) is 0 Å². The molecule has 0 amide bonds. The standard InChI is InChI=1S/C4H4INO/c1-3-4(5)2-6-7-3/h2H,1H3. The van der Waals surface area contributed by atoms with E-state index >= 15 is 0 Å². The summed E-state index contributed by atoms with van der Waals surface area (Å²) in [7, 11) is 0. The van der Waals surface area contributed by atoms with Crippen molar-refractivity contribution in [1.29, 1.82) is 0 Å². The molecular weight excluding hydrogens is 205 g/mol. The Morgan fingerprint density at radius 2 is 2.57 bits per heavy atom.